The number of hydrogen-bond acceptors (Lipinski definition) is 4. The van der Waals surface area contributed by atoms with Crippen molar-refractivity contribution in [2.75, 3.05) is 11.9 Å². The van der Waals surface area contributed by atoms with Crippen LogP contribution in [0.5, 0.6) is 0 Å². The number of fused-ring (bicyclic) bond motifs is 3. The van der Waals surface area contributed by atoms with Crippen molar-refractivity contribution in [2.24, 2.45) is 0 Å². The molecule has 5 heteroatoms. The highest BCUT2D eigenvalue weighted by molar-refractivity contribution is 7.19. The van der Waals surface area contributed by atoms with Gasteiger partial charge >= 0.3 is 0 Å². The SMILES string of the molecule is CCNc1nc(Cl)nc2sc3c(c12)CCC3. The average Bonchev–Trinajstić information content (AvgIpc) is 2.76. The summed E-state index contributed by atoms with van der Waals surface area (Å²) in [4.78, 5) is 11.1. The minimum atomic E-state index is 0.336. The third-order valence-electron chi connectivity index (χ3n) is 2.88. The van der Waals surface area contributed by atoms with E-state index >= 15 is 0 Å². The van der Waals surface area contributed by atoms with E-state index in [1.807, 2.05) is 0 Å². The molecular formula is C11H12ClN3S. The minimum Gasteiger partial charge on any atom is -0.370 e. The Morgan fingerprint density at radius 1 is 1.38 bits per heavy atom. The molecule has 0 amide bonds. The van der Waals surface area contributed by atoms with Crippen molar-refractivity contribution in [3.63, 3.8) is 0 Å². The highest BCUT2D eigenvalue weighted by Crippen LogP contribution is 2.39. The lowest BCUT2D eigenvalue weighted by molar-refractivity contribution is 0.917. The molecule has 0 saturated carbocycles. The Morgan fingerprint density at radius 3 is 3.06 bits per heavy atom. The van der Waals surface area contributed by atoms with Crippen molar-refractivity contribution in [3.05, 3.63) is 15.7 Å². The minimum absolute atomic E-state index is 0.336. The van der Waals surface area contributed by atoms with E-state index in [-0.39, 0.29) is 0 Å². The first-order valence-corrected chi connectivity index (χ1v) is 6.70. The summed E-state index contributed by atoms with van der Waals surface area (Å²) >= 11 is 7.69. The lowest BCUT2D eigenvalue weighted by atomic mass is 10.2. The monoisotopic (exact) mass is 253 g/mol. The fourth-order valence-corrected chi connectivity index (χ4v) is 3.75. The topological polar surface area (TPSA) is 37.8 Å². The molecule has 0 saturated heterocycles. The van der Waals surface area contributed by atoms with Crippen molar-refractivity contribution in [3.8, 4) is 0 Å². The Bertz CT molecular complexity index is 550. The highest BCUT2D eigenvalue weighted by Gasteiger charge is 2.21. The average molecular weight is 254 g/mol. The van der Waals surface area contributed by atoms with Gasteiger partial charge in [0.25, 0.3) is 0 Å². The molecule has 0 spiro atoms. The quantitative estimate of drug-likeness (QED) is 0.835. The number of nitrogens with zero attached hydrogens (tertiary/aromatic N) is 2. The highest BCUT2D eigenvalue weighted by atomic mass is 35.5. The largest absolute Gasteiger partial charge is 0.370 e. The van der Waals surface area contributed by atoms with E-state index in [4.69, 9.17) is 11.6 Å². The number of nitrogens with one attached hydrogen (secondary N) is 1. The third kappa shape index (κ3) is 1.48. The van der Waals surface area contributed by atoms with Crippen LogP contribution in [-0.2, 0) is 12.8 Å². The summed E-state index contributed by atoms with van der Waals surface area (Å²) in [5.41, 5.74) is 1.44. The van der Waals surface area contributed by atoms with Crippen molar-refractivity contribution in [1.82, 2.24) is 9.97 Å². The van der Waals surface area contributed by atoms with Gasteiger partial charge in [-0.3, -0.25) is 0 Å². The van der Waals surface area contributed by atoms with Crippen LogP contribution in [0.1, 0.15) is 23.8 Å². The Balaban J connectivity index is 2.29. The number of rotatable bonds is 2. The summed E-state index contributed by atoms with van der Waals surface area (Å²) in [6, 6.07) is 0. The van der Waals surface area contributed by atoms with Crippen LogP contribution in [0.4, 0.5) is 5.82 Å². The van der Waals surface area contributed by atoms with Crippen molar-refractivity contribution in [1.29, 1.82) is 0 Å². The van der Waals surface area contributed by atoms with Gasteiger partial charge in [0.2, 0.25) is 5.28 Å². The predicted molar refractivity (Wildman–Crippen MR) is 68.6 cm³/mol. The van der Waals surface area contributed by atoms with Gasteiger partial charge in [0.1, 0.15) is 10.6 Å². The van der Waals surface area contributed by atoms with Gasteiger partial charge in [0.15, 0.2) is 0 Å². The molecule has 84 valence electrons. The Kier molecular flexibility index (Phi) is 2.48. The molecule has 2 aromatic rings. The van der Waals surface area contributed by atoms with Gasteiger partial charge in [-0.25, -0.2) is 9.97 Å². The summed E-state index contributed by atoms with van der Waals surface area (Å²) < 4.78 is 0. The molecule has 0 atom stereocenters. The second-order valence-electron chi connectivity index (χ2n) is 3.91. The van der Waals surface area contributed by atoms with E-state index in [1.165, 1.54) is 28.7 Å². The molecular weight excluding hydrogens is 242 g/mol. The van der Waals surface area contributed by atoms with Crippen LogP contribution >= 0.6 is 22.9 Å². The molecule has 2 heterocycles. The lowest BCUT2D eigenvalue weighted by Gasteiger charge is -2.05. The van der Waals surface area contributed by atoms with Crippen molar-refractivity contribution < 1.29 is 0 Å². The summed E-state index contributed by atoms with van der Waals surface area (Å²) in [6.07, 6.45) is 3.59. The number of aryl methyl sites for hydroxylation is 2. The van der Waals surface area contributed by atoms with Gasteiger partial charge in [-0.15, -0.1) is 11.3 Å². The molecule has 2 aromatic heterocycles. The molecule has 0 fully saturated rings. The van der Waals surface area contributed by atoms with E-state index < -0.39 is 0 Å². The maximum atomic E-state index is 5.93. The van der Waals surface area contributed by atoms with E-state index in [9.17, 15) is 0 Å². The summed E-state index contributed by atoms with van der Waals surface area (Å²) in [5, 5.41) is 4.81. The van der Waals surface area contributed by atoms with E-state index in [2.05, 4.69) is 22.2 Å². The van der Waals surface area contributed by atoms with Crippen molar-refractivity contribution in [2.45, 2.75) is 26.2 Å². The number of aromatic nitrogens is 2. The second-order valence-corrected chi connectivity index (χ2v) is 5.33. The Morgan fingerprint density at radius 2 is 2.25 bits per heavy atom. The van der Waals surface area contributed by atoms with Gasteiger partial charge in [-0.05, 0) is 43.4 Å². The van der Waals surface area contributed by atoms with Gasteiger partial charge in [-0.2, -0.15) is 0 Å². The molecule has 1 aliphatic carbocycles. The number of anilines is 1. The number of thiophene rings is 1. The molecule has 1 N–H and O–H groups in total. The van der Waals surface area contributed by atoms with Crippen LogP contribution in [0, 0.1) is 0 Å². The van der Waals surface area contributed by atoms with E-state index in [0.29, 0.717) is 5.28 Å². The molecule has 3 rings (SSSR count). The van der Waals surface area contributed by atoms with E-state index in [1.54, 1.807) is 11.3 Å². The fraction of sp³-hybridized carbons (Fsp3) is 0.455. The maximum absolute atomic E-state index is 5.93. The first kappa shape index (κ1) is 10.3. The number of hydrogen-bond donors (Lipinski definition) is 1. The molecule has 0 radical (unpaired) electrons. The van der Waals surface area contributed by atoms with Crippen LogP contribution in [-0.4, -0.2) is 16.5 Å². The number of halogens is 1. The first-order chi connectivity index (χ1) is 7.79. The summed E-state index contributed by atoms with van der Waals surface area (Å²) in [6.45, 7) is 2.92. The second kappa shape index (κ2) is 3.86. The van der Waals surface area contributed by atoms with Crippen LogP contribution in [0.15, 0.2) is 0 Å². The maximum Gasteiger partial charge on any atom is 0.225 e. The predicted octanol–water partition coefficient (Wildman–Crippen LogP) is 3.27. The standard InChI is InChI=1S/C11H12ClN3S/c1-2-13-9-8-6-4-3-5-7(6)16-10(8)15-11(12)14-9/h2-5H2,1H3,(H,13,14,15). The zero-order valence-corrected chi connectivity index (χ0v) is 10.6. The normalized spacial score (nSPS) is 14.4. The fourth-order valence-electron chi connectivity index (χ4n) is 2.27. The third-order valence-corrected chi connectivity index (χ3v) is 4.24. The van der Waals surface area contributed by atoms with Crippen LogP contribution in [0.25, 0.3) is 10.2 Å². The smallest absolute Gasteiger partial charge is 0.225 e. The van der Waals surface area contributed by atoms with Gasteiger partial charge in [0, 0.05) is 11.4 Å². The molecule has 0 bridgehead atoms. The molecule has 1 aliphatic rings. The van der Waals surface area contributed by atoms with Gasteiger partial charge < -0.3 is 5.32 Å². The Hall–Kier alpha value is -0.870. The van der Waals surface area contributed by atoms with Crippen molar-refractivity contribution >= 4 is 39.0 Å². The van der Waals surface area contributed by atoms with Crippen LogP contribution in [0.2, 0.25) is 5.28 Å². The zero-order valence-electron chi connectivity index (χ0n) is 9.01. The summed E-state index contributed by atoms with van der Waals surface area (Å²) in [7, 11) is 0. The molecule has 0 unspecified atom stereocenters. The Labute approximate surface area is 103 Å². The molecule has 3 nitrogen and oxygen atoms in total. The van der Waals surface area contributed by atoms with Gasteiger partial charge in [0.05, 0.1) is 5.39 Å². The lowest BCUT2D eigenvalue weighted by Crippen LogP contribution is -2.01. The molecule has 16 heavy (non-hydrogen) atoms. The molecule has 0 aliphatic heterocycles. The summed E-state index contributed by atoms with van der Waals surface area (Å²) in [5.74, 6) is 0.900. The first-order valence-electron chi connectivity index (χ1n) is 5.51. The zero-order chi connectivity index (χ0) is 11.1. The molecule has 0 aromatic carbocycles. The van der Waals surface area contributed by atoms with E-state index in [0.717, 1.165) is 23.6 Å². The van der Waals surface area contributed by atoms with Gasteiger partial charge in [-0.1, -0.05) is 0 Å². The van der Waals surface area contributed by atoms with Crippen LogP contribution in [0.3, 0.4) is 0 Å². The van der Waals surface area contributed by atoms with Crippen LogP contribution < -0.4 is 5.32 Å².